The fraction of sp³-hybridized carbons (Fsp3) is 0.500. The van der Waals surface area contributed by atoms with Gasteiger partial charge < -0.3 is 10.8 Å². The molecule has 0 fully saturated rings. The molecule has 21 heavy (non-hydrogen) atoms. The number of benzene rings is 1. The van der Waals surface area contributed by atoms with Gasteiger partial charge in [-0.2, -0.15) is 0 Å². The fourth-order valence-electron chi connectivity index (χ4n) is 4.21. The molecule has 1 atom stereocenters. The molecule has 3 heteroatoms. The molecule has 0 amide bonds. The number of anilines is 1. The van der Waals surface area contributed by atoms with Crippen LogP contribution in [0, 0.1) is 12.3 Å². The van der Waals surface area contributed by atoms with Crippen LogP contribution in [0.25, 0.3) is 5.57 Å². The van der Waals surface area contributed by atoms with Gasteiger partial charge in [-0.05, 0) is 66.5 Å². The SMILES string of the molecule is CCC1=C2c3ccc(N)c(C)c3CC2(CCO)CCC1=O. The van der Waals surface area contributed by atoms with Crippen LogP contribution in [0.2, 0.25) is 0 Å². The molecule has 3 nitrogen and oxygen atoms in total. The average molecular weight is 285 g/mol. The van der Waals surface area contributed by atoms with Crippen molar-refractivity contribution >= 4 is 17.0 Å². The summed E-state index contributed by atoms with van der Waals surface area (Å²) in [4.78, 5) is 12.3. The fourth-order valence-corrected chi connectivity index (χ4v) is 4.21. The van der Waals surface area contributed by atoms with Crippen LogP contribution in [0.4, 0.5) is 5.69 Å². The number of rotatable bonds is 3. The molecule has 0 saturated heterocycles. The first-order chi connectivity index (χ1) is 10.0. The lowest BCUT2D eigenvalue weighted by molar-refractivity contribution is -0.116. The Hall–Kier alpha value is -1.61. The summed E-state index contributed by atoms with van der Waals surface area (Å²) < 4.78 is 0. The van der Waals surface area contributed by atoms with E-state index in [2.05, 4.69) is 19.9 Å². The van der Waals surface area contributed by atoms with E-state index in [-0.39, 0.29) is 17.8 Å². The van der Waals surface area contributed by atoms with Crippen LogP contribution >= 0.6 is 0 Å². The molecule has 0 saturated carbocycles. The largest absolute Gasteiger partial charge is 0.399 e. The third-order valence-corrected chi connectivity index (χ3v) is 5.37. The van der Waals surface area contributed by atoms with Crippen molar-refractivity contribution in [3.63, 3.8) is 0 Å². The first kappa shape index (κ1) is 14.3. The van der Waals surface area contributed by atoms with Gasteiger partial charge in [-0.3, -0.25) is 4.79 Å². The number of aliphatic hydroxyl groups excluding tert-OH is 1. The van der Waals surface area contributed by atoms with E-state index < -0.39 is 0 Å². The van der Waals surface area contributed by atoms with E-state index in [1.165, 1.54) is 16.7 Å². The highest BCUT2D eigenvalue weighted by Crippen LogP contribution is 2.57. The third kappa shape index (κ3) is 1.95. The number of carbonyl (C=O) groups excluding carboxylic acids is 1. The molecule has 0 spiro atoms. The maximum Gasteiger partial charge on any atom is 0.159 e. The summed E-state index contributed by atoms with van der Waals surface area (Å²) in [5.41, 5.74) is 12.6. The Kier molecular flexibility index (Phi) is 3.40. The van der Waals surface area contributed by atoms with E-state index in [1.54, 1.807) is 0 Å². The number of allylic oxidation sites excluding steroid dienone is 2. The third-order valence-electron chi connectivity index (χ3n) is 5.37. The summed E-state index contributed by atoms with van der Waals surface area (Å²) in [6.07, 6.45) is 3.86. The Labute approximate surface area is 125 Å². The monoisotopic (exact) mass is 285 g/mol. The van der Waals surface area contributed by atoms with Crippen molar-refractivity contribution in [1.82, 2.24) is 0 Å². The topological polar surface area (TPSA) is 63.3 Å². The number of aliphatic hydroxyl groups is 1. The molecule has 3 N–H and O–H groups in total. The standard InChI is InChI=1S/C18H23NO2/c1-3-12-16(21)6-7-18(8-9-20)10-14-11(2)15(19)5-4-13(14)17(12)18/h4-5,20H,3,6-10,19H2,1-2H3. The van der Waals surface area contributed by atoms with Gasteiger partial charge in [0, 0.05) is 24.1 Å². The first-order valence-corrected chi connectivity index (χ1v) is 7.80. The van der Waals surface area contributed by atoms with Crippen LogP contribution in [0.5, 0.6) is 0 Å². The molecule has 1 unspecified atom stereocenters. The van der Waals surface area contributed by atoms with Gasteiger partial charge in [0.1, 0.15) is 0 Å². The molecule has 0 radical (unpaired) electrons. The highest BCUT2D eigenvalue weighted by Gasteiger charge is 2.46. The van der Waals surface area contributed by atoms with Crippen LogP contribution in [-0.2, 0) is 11.2 Å². The highest BCUT2D eigenvalue weighted by atomic mass is 16.3. The summed E-state index contributed by atoms with van der Waals surface area (Å²) in [7, 11) is 0. The van der Waals surface area contributed by atoms with Crippen LogP contribution < -0.4 is 5.73 Å². The molecule has 0 heterocycles. The lowest BCUT2D eigenvalue weighted by atomic mass is 9.67. The lowest BCUT2D eigenvalue weighted by Crippen LogP contribution is -2.29. The van der Waals surface area contributed by atoms with Crippen LogP contribution in [-0.4, -0.2) is 17.5 Å². The Morgan fingerprint density at radius 3 is 2.81 bits per heavy atom. The molecule has 1 aromatic rings. The zero-order chi connectivity index (χ0) is 15.2. The zero-order valence-corrected chi connectivity index (χ0v) is 12.8. The second-order valence-electron chi connectivity index (χ2n) is 6.37. The lowest BCUT2D eigenvalue weighted by Gasteiger charge is -2.36. The van der Waals surface area contributed by atoms with E-state index in [0.29, 0.717) is 6.42 Å². The Bertz CT molecular complexity index is 645. The van der Waals surface area contributed by atoms with Gasteiger partial charge in [0.2, 0.25) is 0 Å². The van der Waals surface area contributed by atoms with Crippen molar-refractivity contribution in [1.29, 1.82) is 0 Å². The molecule has 2 aliphatic carbocycles. The minimum absolute atomic E-state index is 0.0606. The number of hydrogen-bond donors (Lipinski definition) is 2. The number of Topliss-reactive ketones (excluding diaryl/α,β-unsaturated/α-hetero) is 1. The normalized spacial score (nSPS) is 24.2. The zero-order valence-electron chi connectivity index (χ0n) is 12.8. The van der Waals surface area contributed by atoms with E-state index in [1.807, 2.05) is 6.07 Å². The van der Waals surface area contributed by atoms with Crippen molar-refractivity contribution in [2.45, 2.75) is 46.0 Å². The Morgan fingerprint density at radius 2 is 2.14 bits per heavy atom. The van der Waals surface area contributed by atoms with E-state index in [9.17, 15) is 9.90 Å². The minimum atomic E-state index is -0.0606. The van der Waals surface area contributed by atoms with Gasteiger partial charge in [-0.15, -0.1) is 0 Å². The van der Waals surface area contributed by atoms with Gasteiger partial charge >= 0.3 is 0 Å². The molecule has 0 bridgehead atoms. The maximum atomic E-state index is 12.3. The van der Waals surface area contributed by atoms with Crippen LogP contribution in [0.15, 0.2) is 17.7 Å². The summed E-state index contributed by atoms with van der Waals surface area (Å²) in [6.45, 7) is 4.28. The van der Waals surface area contributed by atoms with Crippen molar-refractivity contribution in [3.05, 3.63) is 34.4 Å². The number of ketones is 1. The smallest absolute Gasteiger partial charge is 0.159 e. The van der Waals surface area contributed by atoms with Gasteiger partial charge in [-0.1, -0.05) is 13.0 Å². The predicted octanol–water partition coefficient (Wildman–Crippen LogP) is 3.03. The Balaban J connectivity index is 2.28. The molecule has 0 aromatic heterocycles. The van der Waals surface area contributed by atoms with Gasteiger partial charge in [0.25, 0.3) is 0 Å². The van der Waals surface area contributed by atoms with E-state index in [4.69, 9.17) is 5.73 Å². The van der Waals surface area contributed by atoms with Crippen molar-refractivity contribution in [2.24, 2.45) is 5.41 Å². The number of hydrogen-bond acceptors (Lipinski definition) is 3. The number of carbonyl (C=O) groups is 1. The summed E-state index contributed by atoms with van der Waals surface area (Å²) in [6, 6.07) is 4.02. The molecule has 112 valence electrons. The molecule has 0 aliphatic heterocycles. The second kappa shape index (κ2) is 4.99. The molecule has 2 aliphatic rings. The summed E-state index contributed by atoms with van der Waals surface area (Å²) in [5.74, 6) is 0.281. The van der Waals surface area contributed by atoms with Crippen LogP contribution in [0.1, 0.15) is 49.3 Å². The summed E-state index contributed by atoms with van der Waals surface area (Å²) in [5, 5.41) is 9.56. The maximum absolute atomic E-state index is 12.3. The van der Waals surface area contributed by atoms with E-state index in [0.717, 1.165) is 42.5 Å². The van der Waals surface area contributed by atoms with Gasteiger partial charge in [0.05, 0.1) is 0 Å². The second-order valence-corrected chi connectivity index (χ2v) is 6.37. The Morgan fingerprint density at radius 1 is 1.38 bits per heavy atom. The number of nitrogen functional groups attached to an aromatic ring is 1. The average Bonchev–Trinajstić information content (AvgIpc) is 2.79. The van der Waals surface area contributed by atoms with Gasteiger partial charge in [-0.25, -0.2) is 0 Å². The van der Waals surface area contributed by atoms with Crippen molar-refractivity contribution in [2.75, 3.05) is 12.3 Å². The molecular weight excluding hydrogens is 262 g/mol. The predicted molar refractivity (Wildman–Crippen MR) is 84.9 cm³/mol. The molecular formula is C18H23NO2. The summed E-state index contributed by atoms with van der Waals surface area (Å²) >= 11 is 0. The highest BCUT2D eigenvalue weighted by molar-refractivity contribution is 6.06. The number of fused-ring (bicyclic) bond motifs is 3. The molecule has 1 aromatic carbocycles. The number of nitrogens with two attached hydrogens (primary N) is 1. The van der Waals surface area contributed by atoms with Crippen molar-refractivity contribution < 1.29 is 9.90 Å². The van der Waals surface area contributed by atoms with Crippen molar-refractivity contribution in [3.8, 4) is 0 Å². The minimum Gasteiger partial charge on any atom is -0.399 e. The van der Waals surface area contributed by atoms with Gasteiger partial charge in [0.15, 0.2) is 5.78 Å². The molecule has 3 rings (SSSR count). The van der Waals surface area contributed by atoms with Crippen LogP contribution in [0.3, 0.4) is 0 Å². The first-order valence-electron chi connectivity index (χ1n) is 7.80. The van der Waals surface area contributed by atoms with E-state index >= 15 is 0 Å². The quantitative estimate of drug-likeness (QED) is 0.839.